The summed E-state index contributed by atoms with van der Waals surface area (Å²) in [5.74, 6) is -0.796. The van der Waals surface area contributed by atoms with E-state index in [0.29, 0.717) is 32.6 Å². The molecule has 0 unspecified atom stereocenters. The molecule has 6 heteroatoms. The summed E-state index contributed by atoms with van der Waals surface area (Å²) >= 11 is 0. The van der Waals surface area contributed by atoms with Gasteiger partial charge in [0.1, 0.15) is 5.82 Å². The van der Waals surface area contributed by atoms with Gasteiger partial charge in [0.2, 0.25) is 5.91 Å². The highest BCUT2D eigenvalue weighted by Gasteiger charge is 2.26. The number of aromatic amines is 1. The van der Waals surface area contributed by atoms with Crippen molar-refractivity contribution in [1.82, 2.24) is 14.8 Å². The van der Waals surface area contributed by atoms with E-state index in [4.69, 9.17) is 0 Å². The lowest BCUT2D eigenvalue weighted by Crippen LogP contribution is -2.51. The van der Waals surface area contributed by atoms with Crippen LogP contribution in [0.5, 0.6) is 0 Å². The largest absolute Gasteiger partial charge is 0.361 e. The van der Waals surface area contributed by atoms with E-state index < -0.39 is 5.82 Å². The lowest BCUT2D eigenvalue weighted by atomic mass is 10.1. The predicted octanol–water partition coefficient (Wildman–Crippen LogP) is 2.83. The van der Waals surface area contributed by atoms with Crippen LogP contribution in [0.1, 0.15) is 15.9 Å². The number of benzene rings is 2. The Morgan fingerprint density at radius 3 is 2.37 bits per heavy atom. The molecular weight excluding hydrogens is 345 g/mol. The minimum atomic E-state index is -0.514. The molecule has 1 fully saturated rings. The number of piperazine rings is 1. The van der Waals surface area contributed by atoms with E-state index in [1.54, 1.807) is 21.9 Å². The molecule has 0 bridgehead atoms. The van der Waals surface area contributed by atoms with E-state index >= 15 is 0 Å². The van der Waals surface area contributed by atoms with Gasteiger partial charge in [-0.05, 0) is 23.8 Å². The molecule has 27 heavy (non-hydrogen) atoms. The van der Waals surface area contributed by atoms with Crippen LogP contribution < -0.4 is 0 Å². The normalized spacial score (nSPS) is 14.6. The van der Waals surface area contributed by atoms with Crippen molar-refractivity contribution in [3.63, 3.8) is 0 Å². The number of H-pyrrole nitrogens is 1. The molecule has 0 aliphatic carbocycles. The van der Waals surface area contributed by atoms with Gasteiger partial charge in [-0.2, -0.15) is 0 Å². The molecule has 3 aromatic rings. The molecule has 1 saturated heterocycles. The summed E-state index contributed by atoms with van der Waals surface area (Å²) in [6.45, 7) is 1.74. The third-order valence-electron chi connectivity index (χ3n) is 5.04. The molecule has 5 nitrogen and oxygen atoms in total. The Labute approximate surface area is 156 Å². The molecule has 1 aliphatic heterocycles. The van der Waals surface area contributed by atoms with E-state index in [2.05, 4.69) is 4.98 Å². The Bertz CT molecular complexity index is 990. The van der Waals surface area contributed by atoms with Crippen molar-refractivity contribution in [2.75, 3.05) is 26.2 Å². The number of amides is 2. The molecular formula is C21H20FN3O2. The maximum Gasteiger partial charge on any atom is 0.256 e. The Morgan fingerprint density at radius 1 is 0.926 bits per heavy atom. The average Bonchev–Trinajstić information content (AvgIpc) is 3.11. The highest BCUT2D eigenvalue weighted by atomic mass is 19.1. The first-order valence-corrected chi connectivity index (χ1v) is 9.00. The van der Waals surface area contributed by atoms with Crippen molar-refractivity contribution in [3.05, 3.63) is 71.7 Å². The van der Waals surface area contributed by atoms with Gasteiger partial charge >= 0.3 is 0 Å². The molecule has 0 radical (unpaired) electrons. The number of fused-ring (bicyclic) bond motifs is 1. The van der Waals surface area contributed by atoms with Gasteiger partial charge in [0, 0.05) is 43.3 Å². The third kappa shape index (κ3) is 3.43. The number of rotatable bonds is 3. The summed E-state index contributed by atoms with van der Waals surface area (Å²) in [4.78, 5) is 31.7. The zero-order valence-corrected chi connectivity index (χ0v) is 14.8. The highest BCUT2D eigenvalue weighted by molar-refractivity contribution is 5.94. The zero-order chi connectivity index (χ0) is 18.8. The quantitative estimate of drug-likeness (QED) is 0.776. The van der Waals surface area contributed by atoms with Crippen LogP contribution in [-0.4, -0.2) is 52.8 Å². The summed E-state index contributed by atoms with van der Waals surface area (Å²) < 4.78 is 13.8. The van der Waals surface area contributed by atoms with Crippen LogP contribution in [-0.2, 0) is 11.2 Å². The Morgan fingerprint density at radius 2 is 1.59 bits per heavy atom. The number of hydrogen-bond acceptors (Lipinski definition) is 2. The van der Waals surface area contributed by atoms with Gasteiger partial charge in [-0.25, -0.2) is 4.39 Å². The summed E-state index contributed by atoms with van der Waals surface area (Å²) in [6, 6.07) is 13.9. The topological polar surface area (TPSA) is 56.4 Å². The molecule has 2 amide bonds. The van der Waals surface area contributed by atoms with Crippen LogP contribution in [0.3, 0.4) is 0 Å². The first-order chi connectivity index (χ1) is 13.1. The second-order valence-corrected chi connectivity index (χ2v) is 6.69. The minimum absolute atomic E-state index is 0.0396. The molecule has 2 aromatic carbocycles. The maximum absolute atomic E-state index is 13.8. The zero-order valence-electron chi connectivity index (χ0n) is 14.8. The van der Waals surface area contributed by atoms with Crippen molar-refractivity contribution in [2.24, 2.45) is 0 Å². The standard InChI is InChI=1S/C21H20FN3O2/c22-18-7-3-1-6-17(18)21(27)25-11-9-24(10-12-25)20(26)13-15-14-23-19-8-4-2-5-16(15)19/h1-8,14,23H,9-13H2. The number of hydrogen-bond donors (Lipinski definition) is 1. The molecule has 1 N–H and O–H groups in total. The lowest BCUT2D eigenvalue weighted by Gasteiger charge is -2.35. The lowest BCUT2D eigenvalue weighted by molar-refractivity contribution is -0.131. The second kappa shape index (κ2) is 7.23. The van der Waals surface area contributed by atoms with Crippen LogP contribution in [0.4, 0.5) is 4.39 Å². The fourth-order valence-corrected chi connectivity index (χ4v) is 3.52. The number of halogens is 1. The van der Waals surface area contributed by atoms with Crippen molar-refractivity contribution in [2.45, 2.75) is 6.42 Å². The number of nitrogens with one attached hydrogen (secondary N) is 1. The first-order valence-electron chi connectivity index (χ1n) is 9.00. The Kier molecular flexibility index (Phi) is 4.62. The van der Waals surface area contributed by atoms with Gasteiger partial charge < -0.3 is 14.8 Å². The van der Waals surface area contributed by atoms with Crippen molar-refractivity contribution < 1.29 is 14.0 Å². The average molecular weight is 365 g/mol. The Hall–Kier alpha value is -3.15. The van der Waals surface area contributed by atoms with Gasteiger partial charge in [-0.3, -0.25) is 9.59 Å². The van der Waals surface area contributed by atoms with Gasteiger partial charge in [0.15, 0.2) is 0 Å². The monoisotopic (exact) mass is 365 g/mol. The fourth-order valence-electron chi connectivity index (χ4n) is 3.52. The summed E-state index contributed by atoms with van der Waals surface area (Å²) in [5, 5.41) is 1.05. The number of nitrogens with zero attached hydrogens (tertiary/aromatic N) is 2. The molecule has 4 rings (SSSR count). The molecule has 138 valence electrons. The molecule has 0 saturated carbocycles. The number of aromatic nitrogens is 1. The van der Waals surface area contributed by atoms with E-state index in [1.165, 1.54) is 12.1 Å². The van der Waals surface area contributed by atoms with E-state index in [9.17, 15) is 14.0 Å². The van der Waals surface area contributed by atoms with Gasteiger partial charge in [-0.1, -0.05) is 30.3 Å². The van der Waals surface area contributed by atoms with Gasteiger partial charge in [-0.15, -0.1) is 0 Å². The van der Waals surface area contributed by atoms with Crippen LogP contribution in [0.15, 0.2) is 54.7 Å². The first kappa shape index (κ1) is 17.3. The number of carbonyl (C=O) groups excluding carboxylic acids is 2. The summed E-state index contributed by atoms with van der Waals surface area (Å²) in [5.41, 5.74) is 2.07. The second-order valence-electron chi connectivity index (χ2n) is 6.69. The predicted molar refractivity (Wildman–Crippen MR) is 101 cm³/mol. The van der Waals surface area contributed by atoms with Gasteiger partial charge in [0.05, 0.1) is 12.0 Å². The van der Waals surface area contributed by atoms with E-state index in [-0.39, 0.29) is 17.4 Å². The van der Waals surface area contributed by atoms with Gasteiger partial charge in [0.25, 0.3) is 5.91 Å². The van der Waals surface area contributed by atoms with E-state index in [0.717, 1.165) is 16.5 Å². The van der Waals surface area contributed by atoms with Crippen molar-refractivity contribution in [3.8, 4) is 0 Å². The maximum atomic E-state index is 13.8. The highest BCUT2D eigenvalue weighted by Crippen LogP contribution is 2.19. The summed E-state index contributed by atoms with van der Waals surface area (Å²) in [6.07, 6.45) is 2.20. The molecule has 0 atom stereocenters. The van der Waals surface area contributed by atoms with E-state index in [1.807, 2.05) is 30.5 Å². The minimum Gasteiger partial charge on any atom is -0.361 e. The molecule has 1 aromatic heterocycles. The smallest absolute Gasteiger partial charge is 0.256 e. The Balaban J connectivity index is 1.38. The van der Waals surface area contributed by atoms with Crippen LogP contribution in [0.2, 0.25) is 0 Å². The van der Waals surface area contributed by atoms with Crippen LogP contribution >= 0.6 is 0 Å². The number of para-hydroxylation sites is 1. The van der Waals surface area contributed by atoms with Crippen LogP contribution in [0, 0.1) is 5.82 Å². The number of carbonyl (C=O) groups is 2. The molecule has 1 aliphatic rings. The SMILES string of the molecule is O=C(Cc1c[nH]c2ccccc12)N1CCN(C(=O)c2ccccc2F)CC1. The van der Waals surface area contributed by atoms with Crippen LogP contribution in [0.25, 0.3) is 10.9 Å². The third-order valence-corrected chi connectivity index (χ3v) is 5.04. The molecule has 2 heterocycles. The van der Waals surface area contributed by atoms with Crippen molar-refractivity contribution in [1.29, 1.82) is 0 Å². The summed E-state index contributed by atoms with van der Waals surface area (Å²) in [7, 11) is 0. The molecule has 0 spiro atoms. The fraction of sp³-hybridized carbons (Fsp3) is 0.238. The van der Waals surface area contributed by atoms with Crippen molar-refractivity contribution >= 4 is 22.7 Å².